The average molecular weight is 302 g/mol. The highest BCUT2D eigenvalue weighted by Gasteiger charge is 2.31. The zero-order chi connectivity index (χ0) is 15.7. The second-order valence-corrected chi connectivity index (χ2v) is 6.68. The molecular formula is C17H22N2O3. The van der Waals surface area contributed by atoms with Gasteiger partial charge in [0.05, 0.1) is 6.54 Å². The summed E-state index contributed by atoms with van der Waals surface area (Å²) in [5, 5.41) is 1.12. The van der Waals surface area contributed by atoms with Crippen LogP contribution in [-0.2, 0) is 4.74 Å². The molecule has 1 atom stereocenters. The van der Waals surface area contributed by atoms with Gasteiger partial charge in [0, 0.05) is 29.9 Å². The van der Waals surface area contributed by atoms with Crippen molar-refractivity contribution in [1.29, 1.82) is 0 Å². The van der Waals surface area contributed by atoms with Crippen LogP contribution in [0.15, 0.2) is 30.3 Å². The fraction of sp³-hybridized carbons (Fsp3) is 0.471. The van der Waals surface area contributed by atoms with E-state index in [0.717, 1.165) is 23.2 Å². The van der Waals surface area contributed by atoms with Crippen molar-refractivity contribution in [3.8, 4) is 5.88 Å². The molecule has 3 rings (SSSR count). The average Bonchev–Trinajstić information content (AvgIpc) is 3.02. The monoisotopic (exact) mass is 302 g/mol. The van der Waals surface area contributed by atoms with Crippen molar-refractivity contribution in [3.05, 3.63) is 30.3 Å². The number of para-hydroxylation sites is 1. The molecule has 0 spiro atoms. The van der Waals surface area contributed by atoms with E-state index >= 15 is 0 Å². The fourth-order valence-electron chi connectivity index (χ4n) is 2.61. The van der Waals surface area contributed by atoms with Gasteiger partial charge in [0.25, 0.3) is 0 Å². The van der Waals surface area contributed by atoms with Crippen LogP contribution in [0.4, 0.5) is 4.79 Å². The van der Waals surface area contributed by atoms with E-state index in [1.165, 1.54) is 0 Å². The van der Waals surface area contributed by atoms with Crippen LogP contribution in [0.3, 0.4) is 0 Å². The van der Waals surface area contributed by atoms with E-state index in [0.29, 0.717) is 13.1 Å². The van der Waals surface area contributed by atoms with Crippen LogP contribution in [-0.4, -0.2) is 40.8 Å². The molecule has 1 N–H and O–H groups in total. The summed E-state index contributed by atoms with van der Waals surface area (Å²) < 4.78 is 11.4. The Morgan fingerprint density at radius 1 is 1.32 bits per heavy atom. The van der Waals surface area contributed by atoms with Crippen LogP contribution in [0.2, 0.25) is 0 Å². The number of benzene rings is 1. The Kier molecular flexibility index (Phi) is 3.72. The molecule has 5 heteroatoms. The molecule has 5 nitrogen and oxygen atoms in total. The van der Waals surface area contributed by atoms with Gasteiger partial charge in [-0.25, -0.2) is 4.79 Å². The van der Waals surface area contributed by atoms with E-state index in [4.69, 9.17) is 9.47 Å². The van der Waals surface area contributed by atoms with E-state index in [1.807, 2.05) is 51.1 Å². The van der Waals surface area contributed by atoms with E-state index in [-0.39, 0.29) is 12.2 Å². The maximum absolute atomic E-state index is 12.0. The summed E-state index contributed by atoms with van der Waals surface area (Å²) in [7, 11) is 0. The van der Waals surface area contributed by atoms with Gasteiger partial charge in [0.2, 0.25) is 0 Å². The Bertz CT molecular complexity index is 639. The molecule has 0 aliphatic carbocycles. The summed E-state index contributed by atoms with van der Waals surface area (Å²) in [4.78, 5) is 17.0. The normalized spacial score (nSPS) is 18.7. The van der Waals surface area contributed by atoms with E-state index in [9.17, 15) is 4.79 Å². The molecule has 1 fully saturated rings. The minimum Gasteiger partial charge on any atom is -0.474 e. The first-order valence-corrected chi connectivity index (χ1v) is 7.63. The number of H-pyrrole nitrogens is 1. The first-order valence-electron chi connectivity index (χ1n) is 7.63. The lowest BCUT2D eigenvalue weighted by Crippen LogP contribution is -2.36. The lowest BCUT2D eigenvalue weighted by molar-refractivity contribution is 0.0275. The Hall–Kier alpha value is -2.17. The first kappa shape index (κ1) is 14.8. The highest BCUT2D eigenvalue weighted by atomic mass is 16.6. The van der Waals surface area contributed by atoms with Gasteiger partial charge < -0.3 is 19.4 Å². The van der Waals surface area contributed by atoms with E-state index < -0.39 is 5.60 Å². The first-order chi connectivity index (χ1) is 10.4. The second kappa shape index (κ2) is 5.55. The topological polar surface area (TPSA) is 54.6 Å². The Balaban J connectivity index is 1.60. The predicted octanol–water partition coefficient (Wildman–Crippen LogP) is 3.56. The molecule has 1 aliphatic rings. The van der Waals surface area contributed by atoms with Gasteiger partial charge >= 0.3 is 6.09 Å². The van der Waals surface area contributed by atoms with Crippen molar-refractivity contribution in [3.63, 3.8) is 0 Å². The molecule has 0 radical (unpaired) electrons. The number of fused-ring (bicyclic) bond motifs is 1. The number of nitrogens with one attached hydrogen (secondary N) is 1. The molecule has 1 aromatic carbocycles. The molecule has 1 aromatic heterocycles. The summed E-state index contributed by atoms with van der Waals surface area (Å²) in [5.41, 5.74) is 0.590. The van der Waals surface area contributed by atoms with Gasteiger partial charge in [-0.05, 0) is 26.8 Å². The minimum absolute atomic E-state index is 0.000538. The standard InChI is InChI=1S/C17H22N2O3/c1-17(2,3)22-16(20)19-9-8-13(11-19)21-15-10-12-6-4-5-7-14(12)18-15/h4-7,10,13,18H,8-9,11H2,1-3H3/t13-/m0/s1. The van der Waals surface area contributed by atoms with Crippen LogP contribution < -0.4 is 4.74 Å². The Labute approximate surface area is 130 Å². The SMILES string of the molecule is CC(C)(C)OC(=O)N1CC[C@H](Oc2cc3ccccc3[nH]2)C1. The van der Waals surface area contributed by atoms with Gasteiger partial charge in [-0.2, -0.15) is 0 Å². The van der Waals surface area contributed by atoms with Gasteiger partial charge in [0.1, 0.15) is 11.7 Å². The van der Waals surface area contributed by atoms with Crippen molar-refractivity contribution < 1.29 is 14.3 Å². The lowest BCUT2D eigenvalue weighted by Gasteiger charge is -2.24. The molecule has 22 heavy (non-hydrogen) atoms. The summed E-state index contributed by atoms with van der Waals surface area (Å²) in [6.07, 6.45) is 0.546. The van der Waals surface area contributed by atoms with Crippen molar-refractivity contribution >= 4 is 17.0 Å². The van der Waals surface area contributed by atoms with Crippen molar-refractivity contribution in [2.45, 2.75) is 38.9 Å². The largest absolute Gasteiger partial charge is 0.474 e. The molecule has 2 aromatic rings. The summed E-state index contributed by atoms with van der Waals surface area (Å²) in [6.45, 7) is 6.85. The minimum atomic E-state index is -0.465. The van der Waals surface area contributed by atoms with Crippen LogP contribution in [0, 0.1) is 0 Å². The van der Waals surface area contributed by atoms with Crippen molar-refractivity contribution in [1.82, 2.24) is 9.88 Å². The number of hydrogen-bond acceptors (Lipinski definition) is 3. The summed E-state index contributed by atoms with van der Waals surface area (Å²) in [5.74, 6) is 0.747. The molecule has 0 saturated carbocycles. The molecule has 1 saturated heterocycles. The second-order valence-electron chi connectivity index (χ2n) is 6.68. The fourth-order valence-corrected chi connectivity index (χ4v) is 2.61. The maximum atomic E-state index is 12.0. The van der Waals surface area contributed by atoms with Crippen molar-refractivity contribution in [2.24, 2.45) is 0 Å². The van der Waals surface area contributed by atoms with Gasteiger partial charge in [0.15, 0.2) is 5.88 Å². The summed E-state index contributed by atoms with van der Waals surface area (Å²) in [6, 6.07) is 10.0. The molecule has 0 bridgehead atoms. The third kappa shape index (κ3) is 3.35. The number of rotatable bonds is 2. The van der Waals surface area contributed by atoms with Crippen LogP contribution in [0.25, 0.3) is 10.9 Å². The quantitative estimate of drug-likeness (QED) is 0.923. The molecule has 2 heterocycles. The predicted molar refractivity (Wildman–Crippen MR) is 85.1 cm³/mol. The lowest BCUT2D eigenvalue weighted by atomic mass is 10.2. The number of hydrogen-bond donors (Lipinski definition) is 1. The van der Waals surface area contributed by atoms with Crippen LogP contribution in [0.5, 0.6) is 5.88 Å². The number of aromatic nitrogens is 1. The number of carbonyl (C=O) groups excluding carboxylic acids is 1. The van der Waals surface area contributed by atoms with Gasteiger partial charge in [-0.1, -0.05) is 18.2 Å². The highest BCUT2D eigenvalue weighted by molar-refractivity contribution is 5.81. The Morgan fingerprint density at radius 2 is 2.09 bits per heavy atom. The molecule has 1 amide bonds. The summed E-state index contributed by atoms with van der Waals surface area (Å²) >= 11 is 0. The van der Waals surface area contributed by atoms with Gasteiger partial charge in [-0.3, -0.25) is 0 Å². The molecular weight excluding hydrogens is 280 g/mol. The third-order valence-corrected chi connectivity index (χ3v) is 3.60. The smallest absolute Gasteiger partial charge is 0.410 e. The maximum Gasteiger partial charge on any atom is 0.410 e. The van der Waals surface area contributed by atoms with Crippen LogP contribution in [0.1, 0.15) is 27.2 Å². The number of carbonyl (C=O) groups is 1. The number of ether oxygens (including phenoxy) is 2. The number of amides is 1. The van der Waals surface area contributed by atoms with Gasteiger partial charge in [-0.15, -0.1) is 0 Å². The van der Waals surface area contributed by atoms with Crippen LogP contribution >= 0.6 is 0 Å². The zero-order valence-electron chi connectivity index (χ0n) is 13.3. The number of nitrogens with zero attached hydrogens (tertiary/aromatic N) is 1. The molecule has 1 aliphatic heterocycles. The van der Waals surface area contributed by atoms with E-state index in [2.05, 4.69) is 4.98 Å². The number of likely N-dealkylation sites (tertiary alicyclic amines) is 1. The highest BCUT2D eigenvalue weighted by Crippen LogP contribution is 2.23. The zero-order valence-corrected chi connectivity index (χ0v) is 13.3. The molecule has 0 unspecified atom stereocenters. The third-order valence-electron chi connectivity index (χ3n) is 3.60. The van der Waals surface area contributed by atoms with Crippen molar-refractivity contribution in [2.75, 3.05) is 13.1 Å². The molecule has 118 valence electrons. The number of aromatic amines is 1. The Morgan fingerprint density at radius 3 is 2.82 bits per heavy atom. The van der Waals surface area contributed by atoms with E-state index in [1.54, 1.807) is 4.90 Å².